The third kappa shape index (κ3) is 0.377. The zero-order valence-corrected chi connectivity index (χ0v) is 4.02. The van der Waals surface area contributed by atoms with Crippen molar-refractivity contribution in [3.05, 3.63) is 23.9 Å². The molecule has 1 nitrogen and oxygen atoms in total. The van der Waals surface area contributed by atoms with Crippen LogP contribution in [0.1, 0.15) is 0 Å². The average Bonchev–Trinajstić information content (AvgIpc) is 2.41. The molecule has 0 aromatic rings. The fourth-order valence-electron chi connectivity index (χ4n) is 0.890. The van der Waals surface area contributed by atoms with Crippen molar-refractivity contribution in [2.45, 2.75) is 0 Å². The first-order chi connectivity index (χ1) is 3.47. The lowest BCUT2D eigenvalue weighted by Crippen LogP contribution is -2.13. The molecule has 0 aromatic heterocycles. The van der Waals surface area contributed by atoms with Crippen molar-refractivity contribution < 1.29 is 0 Å². The van der Waals surface area contributed by atoms with Gasteiger partial charge in [-0.25, -0.2) is 0 Å². The summed E-state index contributed by atoms with van der Waals surface area (Å²) in [6.07, 6.45) is 6.42. The zero-order chi connectivity index (χ0) is 4.69. The molecule has 0 radical (unpaired) electrons. The highest BCUT2D eigenvalue weighted by Gasteiger charge is 2.22. The number of allylic oxidation sites excluding steroid dienone is 1. The van der Waals surface area contributed by atoms with Gasteiger partial charge in [0.2, 0.25) is 0 Å². The summed E-state index contributed by atoms with van der Waals surface area (Å²) in [6.45, 7) is 1.13. The van der Waals surface area contributed by atoms with E-state index in [0.29, 0.717) is 0 Å². The Balaban J connectivity index is 2.23. The van der Waals surface area contributed by atoms with E-state index in [4.69, 9.17) is 0 Å². The molecule has 7 heavy (non-hydrogen) atoms. The van der Waals surface area contributed by atoms with E-state index in [1.165, 1.54) is 5.57 Å². The van der Waals surface area contributed by atoms with Crippen LogP contribution in [-0.4, -0.2) is 6.54 Å². The minimum atomic E-state index is 0.796. The quantitative estimate of drug-likeness (QED) is 0.464. The van der Waals surface area contributed by atoms with Crippen LogP contribution in [0.4, 0.5) is 0 Å². The second-order valence-corrected chi connectivity index (χ2v) is 2.01. The first-order valence-electron chi connectivity index (χ1n) is 2.58. The number of nitrogens with one attached hydrogen (secondary N) is 1. The second kappa shape index (κ2) is 0.915. The topological polar surface area (TPSA) is 12.0 Å². The molecule has 1 unspecified atom stereocenters. The van der Waals surface area contributed by atoms with Gasteiger partial charge >= 0.3 is 0 Å². The highest BCUT2D eigenvalue weighted by molar-refractivity contribution is 5.41. The van der Waals surface area contributed by atoms with Gasteiger partial charge in [-0.2, -0.15) is 0 Å². The highest BCUT2D eigenvalue weighted by Crippen LogP contribution is 2.30. The van der Waals surface area contributed by atoms with Gasteiger partial charge in [0.15, 0.2) is 0 Å². The van der Waals surface area contributed by atoms with E-state index in [0.717, 1.165) is 12.5 Å². The van der Waals surface area contributed by atoms with Crippen molar-refractivity contribution >= 4 is 0 Å². The van der Waals surface area contributed by atoms with Crippen LogP contribution in [0.3, 0.4) is 0 Å². The fourth-order valence-corrected chi connectivity index (χ4v) is 0.890. The van der Waals surface area contributed by atoms with Gasteiger partial charge in [0.05, 0.1) is 0 Å². The lowest BCUT2D eigenvalue weighted by molar-refractivity contribution is 0.761. The molecule has 0 fully saturated rings. The SMILES string of the molecule is C1=CC2=CC2CN1. The molecule has 1 atom stereocenters. The predicted molar refractivity (Wildman–Crippen MR) is 28.7 cm³/mol. The Morgan fingerprint density at radius 3 is 3.29 bits per heavy atom. The summed E-state index contributed by atoms with van der Waals surface area (Å²) in [5.74, 6) is 0.796. The van der Waals surface area contributed by atoms with Gasteiger partial charge in [0, 0.05) is 12.5 Å². The van der Waals surface area contributed by atoms with Crippen LogP contribution in [-0.2, 0) is 0 Å². The van der Waals surface area contributed by atoms with Crippen LogP contribution in [0, 0.1) is 5.92 Å². The Labute approximate surface area is 42.7 Å². The smallest absolute Gasteiger partial charge is 0.0245 e. The normalized spacial score (nSPS) is 33.1. The Morgan fingerprint density at radius 2 is 2.71 bits per heavy atom. The van der Waals surface area contributed by atoms with Crippen molar-refractivity contribution in [3.63, 3.8) is 0 Å². The van der Waals surface area contributed by atoms with Gasteiger partial charge in [-0.1, -0.05) is 6.08 Å². The van der Waals surface area contributed by atoms with Crippen molar-refractivity contribution in [2.75, 3.05) is 6.54 Å². The van der Waals surface area contributed by atoms with Crippen molar-refractivity contribution in [1.29, 1.82) is 0 Å². The molecule has 2 rings (SSSR count). The summed E-state index contributed by atoms with van der Waals surface area (Å²) in [5, 5.41) is 3.14. The third-order valence-corrected chi connectivity index (χ3v) is 1.44. The molecule has 1 N–H and O–H groups in total. The fraction of sp³-hybridized carbons (Fsp3) is 0.333. The summed E-state index contributed by atoms with van der Waals surface area (Å²) >= 11 is 0. The van der Waals surface area contributed by atoms with Gasteiger partial charge in [-0.05, 0) is 17.8 Å². The summed E-state index contributed by atoms with van der Waals surface area (Å²) in [4.78, 5) is 0. The summed E-state index contributed by atoms with van der Waals surface area (Å²) in [7, 11) is 0. The lowest BCUT2D eigenvalue weighted by Gasteiger charge is -2.02. The first kappa shape index (κ1) is 3.30. The summed E-state index contributed by atoms with van der Waals surface area (Å²) < 4.78 is 0. The van der Waals surface area contributed by atoms with Crippen LogP contribution < -0.4 is 5.32 Å². The van der Waals surface area contributed by atoms with Crippen molar-refractivity contribution in [3.8, 4) is 0 Å². The maximum Gasteiger partial charge on any atom is 0.0245 e. The molecule has 1 heteroatoms. The molecular weight excluding hydrogens is 86.1 g/mol. The van der Waals surface area contributed by atoms with E-state index in [1.807, 2.05) is 6.20 Å². The minimum Gasteiger partial charge on any atom is -0.390 e. The molecule has 0 saturated heterocycles. The maximum atomic E-state index is 3.14. The second-order valence-electron chi connectivity index (χ2n) is 2.01. The third-order valence-electron chi connectivity index (χ3n) is 1.44. The standard InChI is InChI=1S/C6H7N/c1-2-7-4-6-3-5(1)6/h1-3,6-7H,4H2. The number of hydrogen-bond acceptors (Lipinski definition) is 1. The van der Waals surface area contributed by atoms with Crippen LogP contribution in [0.15, 0.2) is 23.9 Å². The average molecular weight is 93.1 g/mol. The molecule has 1 heterocycles. The van der Waals surface area contributed by atoms with Gasteiger partial charge in [0.1, 0.15) is 0 Å². The summed E-state index contributed by atoms with van der Waals surface area (Å²) in [5.41, 5.74) is 1.51. The Hall–Kier alpha value is -0.720. The van der Waals surface area contributed by atoms with E-state index in [9.17, 15) is 0 Å². The minimum absolute atomic E-state index is 0.796. The largest absolute Gasteiger partial charge is 0.390 e. The molecule has 36 valence electrons. The zero-order valence-electron chi connectivity index (χ0n) is 4.02. The van der Waals surface area contributed by atoms with Crippen LogP contribution in [0.2, 0.25) is 0 Å². The Kier molecular flexibility index (Phi) is 0.432. The molecule has 1 aliphatic heterocycles. The van der Waals surface area contributed by atoms with E-state index in [-0.39, 0.29) is 0 Å². The van der Waals surface area contributed by atoms with Crippen LogP contribution in [0.25, 0.3) is 0 Å². The molecule has 0 spiro atoms. The van der Waals surface area contributed by atoms with E-state index < -0.39 is 0 Å². The van der Waals surface area contributed by atoms with Crippen molar-refractivity contribution in [1.82, 2.24) is 5.32 Å². The summed E-state index contributed by atoms with van der Waals surface area (Å²) in [6, 6.07) is 0. The van der Waals surface area contributed by atoms with Gasteiger partial charge in [-0.3, -0.25) is 0 Å². The van der Waals surface area contributed by atoms with Crippen molar-refractivity contribution in [2.24, 2.45) is 5.92 Å². The number of hydrogen-bond donors (Lipinski definition) is 1. The molecule has 0 aromatic carbocycles. The van der Waals surface area contributed by atoms with E-state index in [2.05, 4.69) is 17.5 Å². The van der Waals surface area contributed by atoms with Crippen LogP contribution >= 0.6 is 0 Å². The Morgan fingerprint density at radius 1 is 1.71 bits per heavy atom. The van der Waals surface area contributed by atoms with Crippen LogP contribution in [0.5, 0.6) is 0 Å². The number of fused-ring (bicyclic) bond motifs is 1. The molecule has 2 aliphatic rings. The van der Waals surface area contributed by atoms with Gasteiger partial charge in [-0.15, -0.1) is 0 Å². The predicted octanol–water partition coefficient (Wildman–Crippen LogP) is 0.659. The molecule has 1 aliphatic carbocycles. The lowest BCUT2D eigenvalue weighted by atomic mass is 10.2. The first-order valence-corrected chi connectivity index (χ1v) is 2.58. The number of rotatable bonds is 0. The highest BCUT2D eigenvalue weighted by atomic mass is 14.9. The molecule has 0 amide bonds. The van der Waals surface area contributed by atoms with Gasteiger partial charge in [0.25, 0.3) is 0 Å². The maximum absolute atomic E-state index is 3.14. The Bertz CT molecular complexity index is 144. The van der Waals surface area contributed by atoms with E-state index >= 15 is 0 Å². The van der Waals surface area contributed by atoms with Gasteiger partial charge < -0.3 is 5.32 Å². The molecule has 0 bridgehead atoms. The molecular formula is C6H7N. The molecule has 0 saturated carbocycles. The van der Waals surface area contributed by atoms with E-state index in [1.54, 1.807) is 0 Å². The monoisotopic (exact) mass is 93.1 g/mol.